The van der Waals surface area contributed by atoms with Crippen molar-refractivity contribution >= 4 is 23.7 Å². The van der Waals surface area contributed by atoms with Gasteiger partial charge in [-0.25, -0.2) is 5.43 Å². The van der Waals surface area contributed by atoms with Crippen LogP contribution in [0.25, 0.3) is 0 Å². The Morgan fingerprint density at radius 3 is 2.65 bits per heavy atom. The molecule has 0 saturated heterocycles. The predicted molar refractivity (Wildman–Crippen MR) is 89.3 cm³/mol. The van der Waals surface area contributed by atoms with Gasteiger partial charge in [0.2, 0.25) is 5.91 Å². The van der Waals surface area contributed by atoms with Crippen molar-refractivity contribution in [3.8, 4) is 0 Å². The van der Waals surface area contributed by atoms with Gasteiger partial charge in [-0.3, -0.25) is 14.6 Å². The third-order valence-corrected chi connectivity index (χ3v) is 2.97. The number of aromatic nitrogens is 1. The summed E-state index contributed by atoms with van der Waals surface area (Å²) in [4.78, 5) is 27.4. The lowest BCUT2D eigenvalue weighted by molar-refractivity contribution is -0.116. The second kappa shape index (κ2) is 8.43. The third kappa shape index (κ3) is 5.35. The molecule has 1 aromatic heterocycles. The number of hydrogen-bond acceptors (Lipinski definition) is 4. The van der Waals surface area contributed by atoms with Gasteiger partial charge in [-0.2, -0.15) is 5.10 Å². The first kappa shape index (κ1) is 16.4. The quantitative estimate of drug-likeness (QED) is 0.635. The molecule has 2 aromatic rings. The number of amides is 2. The smallest absolute Gasteiger partial charge is 0.271 e. The number of benzene rings is 1. The molecule has 0 radical (unpaired) electrons. The molecule has 2 N–H and O–H groups in total. The van der Waals surface area contributed by atoms with Crippen LogP contribution in [0.1, 0.15) is 35.7 Å². The number of hydrazone groups is 1. The Hall–Kier alpha value is -3.02. The molecule has 0 saturated carbocycles. The fraction of sp³-hybridized carbons (Fsp3) is 0.176. The lowest BCUT2D eigenvalue weighted by atomic mass is 10.2. The van der Waals surface area contributed by atoms with Gasteiger partial charge in [0, 0.05) is 35.6 Å². The molecule has 0 unspecified atom stereocenters. The van der Waals surface area contributed by atoms with Crippen LogP contribution >= 0.6 is 0 Å². The number of nitrogens with one attached hydrogen (secondary N) is 2. The molecule has 6 heteroatoms. The third-order valence-electron chi connectivity index (χ3n) is 2.97. The Bertz CT molecular complexity index is 681. The highest BCUT2D eigenvalue weighted by molar-refractivity contribution is 5.96. The van der Waals surface area contributed by atoms with Gasteiger partial charge in [0.1, 0.15) is 0 Å². The molecule has 0 aliphatic rings. The molecule has 6 nitrogen and oxygen atoms in total. The van der Waals surface area contributed by atoms with Crippen LogP contribution in [0.15, 0.2) is 53.9 Å². The first-order valence-corrected chi connectivity index (χ1v) is 7.32. The predicted octanol–water partition coefficient (Wildman–Crippen LogP) is 2.58. The number of nitrogens with zero attached hydrogens (tertiary/aromatic N) is 2. The Kier molecular flexibility index (Phi) is 5.99. The molecule has 1 heterocycles. The largest absolute Gasteiger partial charge is 0.326 e. The summed E-state index contributed by atoms with van der Waals surface area (Å²) in [6, 6.07) is 10.3. The van der Waals surface area contributed by atoms with Crippen LogP contribution in [0.4, 0.5) is 5.69 Å². The summed E-state index contributed by atoms with van der Waals surface area (Å²) in [6.45, 7) is 1.94. The normalized spacial score (nSPS) is 10.5. The van der Waals surface area contributed by atoms with Gasteiger partial charge in [0.15, 0.2) is 0 Å². The number of carbonyl (C=O) groups excluding carboxylic acids is 2. The minimum absolute atomic E-state index is 0.0363. The molecule has 1 aromatic carbocycles. The minimum Gasteiger partial charge on any atom is -0.326 e. The van der Waals surface area contributed by atoms with Crippen LogP contribution in [0.5, 0.6) is 0 Å². The molecular formula is C17H18N4O2. The Morgan fingerprint density at radius 1 is 1.22 bits per heavy atom. The standard InChI is InChI=1S/C17H18N4O2/c1-2-4-16(22)20-15-8-6-14(7-9-15)17(23)21-19-12-13-5-3-10-18-11-13/h3,5-12H,2,4H2,1H3,(H,20,22)(H,21,23)/b19-12-. The summed E-state index contributed by atoms with van der Waals surface area (Å²) in [5.74, 6) is -0.359. The molecule has 0 atom stereocenters. The second-order valence-electron chi connectivity index (χ2n) is 4.86. The van der Waals surface area contributed by atoms with Gasteiger partial charge in [0.25, 0.3) is 5.91 Å². The van der Waals surface area contributed by atoms with Crippen molar-refractivity contribution < 1.29 is 9.59 Å². The van der Waals surface area contributed by atoms with Gasteiger partial charge < -0.3 is 5.32 Å². The van der Waals surface area contributed by atoms with E-state index in [1.54, 1.807) is 42.7 Å². The number of rotatable bonds is 6. The summed E-state index contributed by atoms with van der Waals surface area (Å²) < 4.78 is 0. The average molecular weight is 310 g/mol. The maximum Gasteiger partial charge on any atom is 0.271 e. The molecule has 23 heavy (non-hydrogen) atoms. The zero-order chi connectivity index (χ0) is 16.5. The summed E-state index contributed by atoms with van der Waals surface area (Å²) in [6.07, 6.45) is 6.09. The van der Waals surface area contributed by atoms with E-state index in [0.29, 0.717) is 17.7 Å². The van der Waals surface area contributed by atoms with Crippen molar-refractivity contribution in [2.45, 2.75) is 19.8 Å². The van der Waals surface area contributed by atoms with E-state index in [1.807, 2.05) is 13.0 Å². The van der Waals surface area contributed by atoms with Crippen LogP contribution in [-0.4, -0.2) is 23.0 Å². The molecule has 0 spiro atoms. The van der Waals surface area contributed by atoms with E-state index in [4.69, 9.17) is 0 Å². The number of hydrogen-bond donors (Lipinski definition) is 2. The van der Waals surface area contributed by atoms with Gasteiger partial charge in [-0.05, 0) is 36.8 Å². The van der Waals surface area contributed by atoms with Crippen molar-refractivity contribution in [1.29, 1.82) is 0 Å². The van der Waals surface area contributed by atoms with E-state index in [1.165, 1.54) is 6.21 Å². The zero-order valence-corrected chi connectivity index (χ0v) is 12.8. The average Bonchev–Trinajstić information content (AvgIpc) is 2.56. The Morgan fingerprint density at radius 2 is 2.00 bits per heavy atom. The van der Waals surface area contributed by atoms with Gasteiger partial charge >= 0.3 is 0 Å². The molecule has 118 valence electrons. The van der Waals surface area contributed by atoms with E-state index in [9.17, 15) is 9.59 Å². The number of carbonyl (C=O) groups is 2. The first-order chi connectivity index (χ1) is 11.2. The molecule has 0 bridgehead atoms. The highest BCUT2D eigenvalue weighted by Crippen LogP contribution is 2.10. The highest BCUT2D eigenvalue weighted by atomic mass is 16.2. The first-order valence-electron chi connectivity index (χ1n) is 7.32. The Labute approximate surface area is 134 Å². The number of anilines is 1. The number of pyridine rings is 1. The van der Waals surface area contributed by atoms with E-state index in [-0.39, 0.29) is 11.8 Å². The van der Waals surface area contributed by atoms with Crippen LogP contribution in [0, 0.1) is 0 Å². The summed E-state index contributed by atoms with van der Waals surface area (Å²) in [5, 5.41) is 6.65. The van der Waals surface area contributed by atoms with Crippen molar-refractivity contribution in [3.63, 3.8) is 0 Å². The summed E-state index contributed by atoms with van der Waals surface area (Å²) in [5.41, 5.74) is 4.36. The molecule has 2 rings (SSSR count). The van der Waals surface area contributed by atoms with Gasteiger partial charge in [-0.15, -0.1) is 0 Å². The lowest BCUT2D eigenvalue weighted by Crippen LogP contribution is -2.17. The monoisotopic (exact) mass is 310 g/mol. The van der Waals surface area contributed by atoms with E-state index >= 15 is 0 Å². The molecule has 0 fully saturated rings. The summed E-state index contributed by atoms with van der Waals surface area (Å²) >= 11 is 0. The zero-order valence-electron chi connectivity index (χ0n) is 12.8. The van der Waals surface area contributed by atoms with E-state index < -0.39 is 0 Å². The van der Waals surface area contributed by atoms with Crippen LogP contribution < -0.4 is 10.7 Å². The van der Waals surface area contributed by atoms with Gasteiger partial charge in [0.05, 0.1) is 6.21 Å². The fourth-order valence-electron chi connectivity index (χ4n) is 1.84. The van der Waals surface area contributed by atoms with Crippen molar-refractivity contribution in [3.05, 3.63) is 59.9 Å². The van der Waals surface area contributed by atoms with Crippen LogP contribution in [0.2, 0.25) is 0 Å². The highest BCUT2D eigenvalue weighted by Gasteiger charge is 2.05. The molecule has 0 aliphatic carbocycles. The van der Waals surface area contributed by atoms with Gasteiger partial charge in [-0.1, -0.05) is 13.0 Å². The second-order valence-corrected chi connectivity index (χ2v) is 4.86. The topological polar surface area (TPSA) is 83.5 Å². The van der Waals surface area contributed by atoms with Crippen LogP contribution in [-0.2, 0) is 4.79 Å². The minimum atomic E-state index is -0.323. The molecular weight excluding hydrogens is 292 g/mol. The Balaban J connectivity index is 1.90. The van der Waals surface area contributed by atoms with E-state index in [0.717, 1.165) is 12.0 Å². The van der Waals surface area contributed by atoms with Crippen molar-refractivity contribution in [2.75, 3.05) is 5.32 Å². The van der Waals surface area contributed by atoms with E-state index in [2.05, 4.69) is 20.8 Å². The lowest BCUT2D eigenvalue weighted by Gasteiger charge is -2.05. The maximum atomic E-state index is 11.9. The summed E-state index contributed by atoms with van der Waals surface area (Å²) in [7, 11) is 0. The SMILES string of the molecule is CCCC(=O)Nc1ccc(C(=O)N/N=C\c2cccnc2)cc1. The van der Waals surface area contributed by atoms with Crippen molar-refractivity contribution in [2.24, 2.45) is 5.10 Å². The fourth-order valence-corrected chi connectivity index (χ4v) is 1.84. The maximum absolute atomic E-state index is 11.9. The molecule has 0 aliphatic heterocycles. The van der Waals surface area contributed by atoms with Crippen molar-refractivity contribution in [1.82, 2.24) is 10.4 Å². The van der Waals surface area contributed by atoms with Crippen LogP contribution in [0.3, 0.4) is 0 Å². The molecule has 2 amide bonds.